The van der Waals surface area contributed by atoms with E-state index in [1.807, 2.05) is 0 Å². The lowest BCUT2D eigenvalue weighted by Crippen LogP contribution is -2.46. The zero-order chi connectivity index (χ0) is 13.1. The largest absolute Gasteiger partial charge is 0.393 e. The molecule has 1 heterocycles. The Bertz CT molecular complexity index is 259. The van der Waals surface area contributed by atoms with Gasteiger partial charge in [-0.3, -0.25) is 4.90 Å². The van der Waals surface area contributed by atoms with Gasteiger partial charge in [0.25, 0.3) is 0 Å². The summed E-state index contributed by atoms with van der Waals surface area (Å²) in [7, 11) is 0. The summed E-state index contributed by atoms with van der Waals surface area (Å²) in [5.41, 5.74) is 0. The molecule has 1 aliphatic heterocycles. The molecule has 0 radical (unpaired) electrons. The molecule has 0 amide bonds. The smallest absolute Gasteiger partial charge is 0.0580 e. The van der Waals surface area contributed by atoms with E-state index in [2.05, 4.69) is 37.4 Å². The van der Waals surface area contributed by atoms with E-state index in [0.29, 0.717) is 12.0 Å². The van der Waals surface area contributed by atoms with Crippen LogP contribution in [0.3, 0.4) is 0 Å². The second kappa shape index (κ2) is 6.62. The molecule has 4 atom stereocenters. The van der Waals surface area contributed by atoms with Crippen LogP contribution in [0.1, 0.15) is 40.0 Å². The Hall–Kier alpha value is 0.270. The number of aliphatic hydroxyl groups excluding tert-OH is 1. The van der Waals surface area contributed by atoms with Crippen molar-refractivity contribution < 1.29 is 5.11 Å². The topological polar surface area (TPSA) is 23.5 Å². The molecule has 2 fully saturated rings. The van der Waals surface area contributed by atoms with Gasteiger partial charge in [-0.1, -0.05) is 13.8 Å². The van der Waals surface area contributed by atoms with E-state index >= 15 is 0 Å². The van der Waals surface area contributed by atoms with Crippen molar-refractivity contribution in [3.63, 3.8) is 0 Å². The van der Waals surface area contributed by atoms with Gasteiger partial charge in [0.05, 0.1) is 6.10 Å². The first-order valence-corrected chi connectivity index (χ1v) is 8.73. The molecule has 1 aliphatic carbocycles. The highest BCUT2D eigenvalue weighted by Gasteiger charge is 2.33. The molecule has 3 heteroatoms. The Morgan fingerprint density at radius 1 is 1.33 bits per heavy atom. The maximum atomic E-state index is 10.3. The van der Waals surface area contributed by atoms with Crippen LogP contribution in [0.5, 0.6) is 0 Å². The third-order valence-corrected chi connectivity index (χ3v) is 6.09. The average Bonchev–Trinajstić information content (AvgIpc) is 2.34. The van der Waals surface area contributed by atoms with Crippen LogP contribution in [0.4, 0.5) is 0 Å². The summed E-state index contributed by atoms with van der Waals surface area (Å²) < 4.78 is 0. The normalized spacial score (nSPS) is 39.2. The summed E-state index contributed by atoms with van der Waals surface area (Å²) in [5.74, 6) is 4.64. The molecule has 1 N–H and O–H groups in total. The minimum atomic E-state index is -0.0539. The maximum absolute atomic E-state index is 10.3. The Kier molecular flexibility index (Phi) is 5.40. The van der Waals surface area contributed by atoms with Gasteiger partial charge in [-0.05, 0) is 43.9 Å². The lowest BCUT2D eigenvalue weighted by molar-refractivity contribution is 0.0143. The molecule has 18 heavy (non-hydrogen) atoms. The number of rotatable bonds is 3. The van der Waals surface area contributed by atoms with Crippen LogP contribution in [0, 0.1) is 17.8 Å². The van der Waals surface area contributed by atoms with E-state index in [-0.39, 0.29) is 6.10 Å². The van der Waals surface area contributed by atoms with E-state index in [1.54, 1.807) is 0 Å². The first-order chi connectivity index (χ1) is 8.58. The molecular weight excluding hydrogens is 242 g/mol. The second-order valence-electron chi connectivity index (χ2n) is 6.56. The highest BCUT2D eigenvalue weighted by molar-refractivity contribution is 7.99. The third-order valence-electron chi connectivity index (χ3n) is 4.90. The summed E-state index contributed by atoms with van der Waals surface area (Å²) in [6.07, 6.45) is 3.42. The standard InChI is InChI=1S/C15H29NOS/c1-11(2)13-4-5-15(17)14(8-13)9-16-6-7-18-10-12(16)3/h11-15,17H,4-10H2,1-3H3. The average molecular weight is 271 g/mol. The van der Waals surface area contributed by atoms with Crippen LogP contribution in [0.2, 0.25) is 0 Å². The van der Waals surface area contributed by atoms with Gasteiger partial charge in [0.15, 0.2) is 0 Å². The molecular formula is C15H29NOS. The molecule has 0 bridgehead atoms. The molecule has 4 unspecified atom stereocenters. The fourth-order valence-corrected chi connectivity index (χ4v) is 4.50. The van der Waals surface area contributed by atoms with Crippen LogP contribution in [0.25, 0.3) is 0 Å². The summed E-state index contributed by atoms with van der Waals surface area (Å²) in [5, 5.41) is 10.3. The fourth-order valence-electron chi connectivity index (χ4n) is 3.42. The van der Waals surface area contributed by atoms with Crippen LogP contribution < -0.4 is 0 Å². The van der Waals surface area contributed by atoms with Crippen LogP contribution in [-0.2, 0) is 0 Å². The minimum absolute atomic E-state index is 0.0539. The lowest BCUT2D eigenvalue weighted by Gasteiger charge is -2.41. The van der Waals surface area contributed by atoms with Crippen molar-refractivity contribution >= 4 is 11.8 Å². The number of hydrogen-bond donors (Lipinski definition) is 1. The van der Waals surface area contributed by atoms with Gasteiger partial charge in [0.2, 0.25) is 0 Å². The number of thioether (sulfide) groups is 1. The van der Waals surface area contributed by atoms with Crippen LogP contribution in [0.15, 0.2) is 0 Å². The molecule has 2 rings (SSSR count). The van der Waals surface area contributed by atoms with Crippen molar-refractivity contribution in [2.45, 2.75) is 52.2 Å². The predicted molar refractivity (Wildman–Crippen MR) is 80.0 cm³/mol. The van der Waals surface area contributed by atoms with Crippen molar-refractivity contribution in [1.82, 2.24) is 4.90 Å². The van der Waals surface area contributed by atoms with Gasteiger partial charge in [-0.15, -0.1) is 0 Å². The molecule has 106 valence electrons. The molecule has 0 aromatic heterocycles. The minimum Gasteiger partial charge on any atom is -0.393 e. The van der Waals surface area contributed by atoms with Crippen LogP contribution >= 0.6 is 11.8 Å². The molecule has 0 aromatic rings. The summed E-state index contributed by atoms with van der Waals surface area (Å²) in [4.78, 5) is 2.60. The molecule has 2 aliphatic rings. The Morgan fingerprint density at radius 2 is 2.11 bits per heavy atom. The SMILES string of the molecule is CC(C)C1CCC(O)C(CN2CCSCC2C)C1. The van der Waals surface area contributed by atoms with Gasteiger partial charge in [0, 0.05) is 30.6 Å². The predicted octanol–water partition coefficient (Wildman–Crippen LogP) is 2.86. The van der Waals surface area contributed by atoms with Crippen molar-refractivity contribution in [2.24, 2.45) is 17.8 Å². The van der Waals surface area contributed by atoms with E-state index in [1.165, 1.54) is 30.9 Å². The molecule has 1 saturated carbocycles. The second-order valence-corrected chi connectivity index (χ2v) is 7.71. The third kappa shape index (κ3) is 3.64. The first kappa shape index (κ1) is 14.7. The van der Waals surface area contributed by atoms with Crippen molar-refractivity contribution in [1.29, 1.82) is 0 Å². The van der Waals surface area contributed by atoms with Gasteiger partial charge in [0.1, 0.15) is 0 Å². The zero-order valence-corrected chi connectivity index (χ0v) is 13.0. The van der Waals surface area contributed by atoms with Gasteiger partial charge >= 0.3 is 0 Å². The monoisotopic (exact) mass is 271 g/mol. The van der Waals surface area contributed by atoms with Crippen molar-refractivity contribution in [3.05, 3.63) is 0 Å². The van der Waals surface area contributed by atoms with Crippen molar-refractivity contribution in [3.8, 4) is 0 Å². The van der Waals surface area contributed by atoms with E-state index in [4.69, 9.17) is 0 Å². The quantitative estimate of drug-likeness (QED) is 0.854. The van der Waals surface area contributed by atoms with Crippen molar-refractivity contribution in [2.75, 3.05) is 24.6 Å². The number of nitrogens with zero attached hydrogens (tertiary/aromatic N) is 1. The zero-order valence-electron chi connectivity index (χ0n) is 12.1. The molecule has 0 spiro atoms. The fraction of sp³-hybridized carbons (Fsp3) is 1.00. The van der Waals surface area contributed by atoms with E-state index in [9.17, 15) is 5.11 Å². The summed E-state index contributed by atoms with van der Waals surface area (Å²) in [6, 6.07) is 0.690. The Balaban J connectivity index is 1.89. The highest BCUT2D eigenvalue weighted by atomic mass is 32.2. The van der Waals surface area contributed by atoms with Crippen LogP contribution in [-0.4, -0.2) is 46.7 Å². The Morgan fingerprint density at radius 3 is 2.78 bits per heavy atom. The number of hydrogen-bond acceptors (Lipinski definition) is 3. The van der Waals surface area contributed by atoms with E-state index < -0.39 is 0 Å². The molecule has 0 aromatic carbocycles. The summed E-state index contributed by atoms with van der Waals surface area (Å²) >= 11 is 2.07. The molecule has 2 nitrogen and oxygen atoms in total. The maximum Gasteiger partial charge on any atom is 0.0580 e. The Labute approximate surface area is 117 Å². The van der Waals surface area contributed by atoms with Gasteiger partial charge in [-0.25, -0.2) is 0 Å². The van der Waals surface area contributed by atoms with Gasteiger partial charge < -0.3 is 5.11 Å². The highest BCUT2D eigenvalue weighted by Crippen LogP contribution is 2.35. The lowest BCUT2D eigenvalue weighted by atomic mass is 9.74. The first-order valence-electron chi connectivity index (χ1n) is 7.57. The number of aliphatic hydroxyl groups is 1. The van der Waals surface area contributed by atoms with Gasteiger partial charge in [-0.2, -0.15) is 11.8 Å². The van der Waals surface area contributed by atoms with E-state index in [0.717, 1.165) is 24.8 Å². The summed E-state index contributed by atoms with van der Waals surface area (Å²) in [6.45, 7) is 9.33. The molecule has 1 saturated heterocycles.